The molecule has 0 aliphatic heterocycles. The first-order valence-electron chi connectivity index (χ1n) is 8.26. The summed E-state index contributed by atoms with van der Waals surface area (Å²) >= 11 is 0. The summed E-state index contributed by atoms with van der Waals surface area (Å²) in [5.74, 6) is 0. The summed E-state index contributed by atoms with van der Waals surface area (Å²) in [5.41, 5.74) is 3.06. The van der Waals surface area contributed by atoms with Crippen LogP contribution >= 0.6 is 0 Å². The van der Waals surface area contributed by atoms with Crippen LogP contribution in [0.3, 0.4) is 0 Å². The maximum absolute atomic E-state index is 12.9. The molecule has 0 atom stereocenters. The van der Waals surface area contributed by atoms with E-state index in [9.17, 15) is 16.8 Å². The number of nitrogens with one attached hydrogen (secondary N) is 1. The molecule has 1 aromatic heterocycles. The van der Waals surface area contributed by atoms with E-state index in [0.717, 1.165) is 16.7 Å². The van der Waals surface area contributed by atoms with Gasteiger partial charge in [0.05, 0.1) is 27.4 Å². The van der Waals surface area contributed by atoms with Crippen molar-refractivity contribution in [3.63, 3.8) is 0 Å². The third-order valence-corrected chi connectivity index (χ3v) is 6.56. The van der Waals surface area contributed by atoms with Crippen LogP contribution < -0.4 is 9.86 Å². The first kappa shape index (κ1) is 20.1. The average molecular weight is 421 g/mol. The summed E-state index contributed by atoms with van der Waals surface area (Å²) in [5, 5.41) is 9.37. The van der Waals surface area contributed by atoms with Crippen LogP contribution in [-0.2, 0) is 20.0 Å². The van der Waals surface area contributed by atoms with Crippen molar-refractivity contribution < 1.29 is 16.8 Å². The molecule has 2 aromatic carbocycles. The molecule has 0 fully saturated rings. The number of anilines is 1. The van der Waals surface area contributed by atoms with Crippen molar-refractivity contribution in [2.45, 2.75) is 30.6 Å². The second-order valence-electron chi connectivity index (χ2n) is 6.54. The molecular weight excluding hydrogens is 400 g/mol. The molecule has 0 unspecified atom stereocenters. The van der Waals surface area contributed by atoms with Gasteiger partial charge in [0.15, 0.2) is 0 Å². The third kappa shape index (κ3) is 4.08. The van der Waals surface area contributed by atoms with Crippen LogP contribution in [0.15, 0.2) is 58.6 Å². The SMILES string of the molecule is Cc1cnn(-c2ccc(S(N)(=O)=O)cc2NS(=O)(=O)c2ccc(C)c(C)c2)c1. The van der Waals surface area contributed by atoms with E-state index >= 15 is 0 Å². The number of hydrogen-bond acceptors (Lipinski definition) is 5. The lowest BCUT2D eigenvalue weighted by atomic mass is 10.1. The van der Waals surface area contributed by atoms with Crippen molar-refractivity contribution in [1.82, 2.24) is 9.78 Å². The Morgan fingerprint density at radius 2 is 1.61 bits per heavy atom. The fraction of sp³-hybridized carbons (Fsp3) is 0.167. The van der Waals surface area contributed by atoms with Crippen molar-refractivity contribution in [2.75, 3.05) is 4.72 Å². The average Bonchev–Trinajstić information content (AvgIpc) is 3.02. The summed E-state index contributed by atoms with van der Waals surface area (Å²) in [6, 6.07) is 8.69. The number of nitrogens with two attached hydrogens (primary N) is 1. The first-order chi connectivity index (χ1) is 13.0. The Hall–Kier alpha value is -2.69. The standard InChI is InChI=1S/C18H20N4O4S2/c1-12-10-20-22(11-12)18-7-6-15(27(19,23)24)9-17(18)21-28(25,26)16-5-4-13(2)14(3)8-16/h4-11,21H,1-3H3,(H2,19,23,24). The van der Waals surface area contributed by atoms with Gasteiger partial charge in [-0.3, -0.25) is 4.72 Å². The Labute approximate surface area is 164 Å². The fourth-order valence-corrected chi connectivity index (χ4v) is 4.29. The van der Waals surface area contributed by atoms with Gasteiger partial charge in [-0.2, -0.15) is 5.10 Å². The van der Waals surface area contributed by atoms with Crippen LogP contribution in [0.25, 0.3) is 5.69 Å². The van der Waals surface area contributed by atoms with Gasteiger partial charge in [0.1, 0.15) is 0 Å². The molecule has 0 spiro atoms. The molecule has 0 radical (unpaired) electrons. The molecule has 3 N–H and O–H groups in total. The van der Waals surface area contributed by atoms with Crippen molar-refractivity contribution in [3.05, 3.63) is 65.5 Å². The minimum atomic E-state index is -4.02. The molecule has 0 saturated carbocycles. The van der Waals surface area contributed by atoms with Crippen LogP contribution in [0.1, 0.15) is 16.7 Å². The summed E-state index contributed by atoms with van der Waals surface area (Å²) in [6.45, 7) is 5.53. The van der Waals surface area contributed by atoms with Gasteiger partial charge < -0.3 is 0 Å². The number of hydrogen-bond donors (Lipinski definition) is 2. The van der Waals surface area contributed by atoms with E-state index in [-0.39, 0.29) is 15.5 Å². The monoisotopic (exact) mass is 420 g/mol. The summed E-state index contributed by atoms with van der Waals surface area (Å²) < 4.78 is 53.2. The normalized spacial score (nSPS) is 12.1. The van der Waals surface area contributed by atoms with Gasteiger partial charge in [-0.15, -0.1) is 0 Å². The zero-order valence-electron chi connectivity index (χ0n) is 15.5. The molecular formula is C18H20N4O4S2. The second kappa shape index (κ2) is 7.04. The molecule has 0 amide bonds. The Morgan fingerprint density at radius 1 is 0.929 bits per heavy atom. The lowest BCUT2D eigenvalue weighted by Gasteiger charge is -2.14. The number of aromatic nitrogens is 2. The van der Waals surface area contributed by atoms with Crippen molar-refractivity contribution in [3.8, 4) is 5.69 Å². The van der Waals surface area contributed by atoms with E-state index in [0.29, 0.717) is 5.69 Å². The van der Waals surface area contributed by atoms with Gasteiger partial charge in [0.2, 0.25) is 10.0 Å². The lowest BCUT2D eigenvalue weighted by Crippen LogP contribution is -2.17. The van der Waals surface area contributed by atoms with Crippen LogP contribution in [0, 0.1) is 20.8 Å². The molecule has 0 bridgehead atoms. The summed E-state index contributed by atoms with van der Waals surface area (Å²) in [7, 11) is -7.98. The molecule has 0 saturated heterocycles. The number of sulfonamides is 2. The van der Waals surface area contributed by atoms with Crippen LogP contribution in [0.4, 0.5) is 5.69 Å². The highest BCUT2D eigenvalue weighted by atomic mass is 32.2. The quantitative estimate of drug-likeness (QED) is 0.655. The van der Waals surface area contributed by atoms with E-state index in [1.54, 1.807) is 24.5 Å². The summed E-state index contributed by atoms with van der Waals surface area (Å²) in [4.78, 5) is -0.142. The smallest absolute Gasteiger partial charge is 0.261 e. The summed E-state index contributed by atoms with van der Waals surface area (Å²) in [6.07, 6.45) is 3.30. The van der Waals surface area contributed by atoms with Crippen LogP contribution in [-0.4, -0.2) is 26.6 Å². The van der Waals surface area contributed by atoms with E-state index < -0.39 is 20.0 Å². The maximum Gasteiger partial charge on any atom is 0.261 e. The molecule has 3 rings (SSSR count). The number of rotatable bonds is 5. The molecule has 0 aliphatic rings. The van der Waals surface area contributed by atoms with Gasteiger partial charge in [0, 0.05) is 6.20 Å². The Morgan fingerprint density at radius 3 is 2.18 bits per heavy atom. The number of aryl methyl sites for hydroxylation is 3. The Balaban J connectivity index is 2.14. The Bertz CT molecular complexity index is 1260. The molecule has 148 valence electrons. The van der Waals surface area contributed by atoms with E-state index in [1.807, 2.05) is 20.8 Å². The van der Waals surface area contributed by atoms with Gasteiger partial charge >= 0.3 is 0 Å². The van der Waals surface area contributed by atoms with Crippen LogP contribution in [0.5, 0.6) is 0 Å². The third-order valence-electron chi connectivity index (χ3n) is 4.29. The van der Waals surface area contributed by atoms with Crippen LogP contribution in [0.2, 0.25) is 0 Å². The van der Waals surface area contributed by atoms with Crippen molar-refractivity contribution >= 4 is 25.7 Å². The maximum atomic E-state index is 12.9. The molecule has 1 heterocycles. The molecule has 8 nitrogen and oxygen atoms in total. The van der Waals surface area contributed by atoms with Gasteiger partial charge in [-0.05, 0) is 67.8 Å². The number of primary sulfonamides is 1. The largest absolute Gasteiger partial charge is 0.277 e. The predicted octanol–water partition coefficient (Wildman–Crippen LogP) is 2.25. The number of nitrogens with zero attached hydrogens (tertiary/aromatic N) is 2. The van der Waals surface area contributed by atoms with Crippen molar-refractivity contribution in [2.24, 2.45) is 5.14 Å². The lowest BCUT2D eigenvalue weighted by molar-refractivity contribution is 0.596. The highest BCUT2D eigenvalue weighted by Gasteiger charge is 2.20. The van der Waals surface area contributed by atoms with Gasteiger partial charge in [0.25, 0.3) is 10.0 Å². The highest BCUT2D eigenvalue weighted by molar-refractivity contribution is 7.92. The molecule has 28 heavy (non-hydrogen) atoms. The zero-order valence-corrected chi connectivity index (χ0v) is 17.2. The van der Waals surface area contributed by atoms with E-state index in [4.69, 9.17) is 5.14 Å². The Kier molecular flexibility index (Phi) is 5.04. The minimum Gasteiger partial charge on any atom is -0.277 e. The van der Waals surface area contributed by atoms with E-state index in [1.165, 1.54) is 28.9 Å². The van der Waals surface area contributed by atoms with E-state index in [2.05, 4.69) is 9.82 Å². The van der Waals surface area contributed by atoms with Crippen molar-refractivity contribution in [1.29, 1.82) is 0 Å². The zero-order chi connectivity index (χ0) is 20.7. The van der Waals surface area contributed by atoms with Gasteiger partial charge in [-0.1, -0.05) is 6.07 Å². The molecule has 3 aromatic rings. The molecule has 0 aliphatic carbocycles. The minimum absolute atomic E-state index is 0.0489. The first-order valence-corrected chi connectivity index (χ1v) is 11.3. The second-order valence-corrected chi connectivity index (χ2v) is 9.78. The van der Waals surface area contributed by atoms with Gasteiger partial charge in [-0.25, -0.2) is 26.7 Å². The topological polar surface area (TPSA) is 124 Å². The predicted molar refractivity (Wildman–Crippen MR) is 106 cm³/mol. The number of benzene rings is 2. The fourth-order valence-electron chi connectivity index (χ4n) is 2.60. The highest BCUT2D eigenvalue weighted by Crippen LogP contribution is 2.27. The molecule has 10 heteroatoms.